The molecule has 5 heteroatoms. The molecule has 4 nitrogen and oxygen atoms in total. The van der Waals surface area contributed by atoms with Crippen molar-refractivity contribution in [1.82, 2.24) is 0 Å². The average Bonchev–Trinajstić information content (AvgIpc) is 2.50. The maximum Gasteiger partial charge on any atom is 0.245 e. The van der Waals surface area contributed by atoms with Crippen LogP contribution in [-0.2, 0) is 4.79 Å². The molecule has 110 valence electrons. The highest BCUT2D eigenvalue weighted by Crippen LogP contribution is 2.31. The van der Waals surface area contributed by atoms with Gasteiger partial charge in [0.1, 0.15) is 11.8 Å². The number of hydrogen-bond donors (Lipinski definition) is 2. The maximum atomic E-state index is 12.3. The monoisotopic (exact) mass is 304 g/mol. The van der Waals surface area contributed by atoms with E-state index in [1.807, 2.05) is 37.3 Å². The maximum absolute atomic E-state index is 12.3. The second-order valence-corrected chi connectivity index (χ2v) is 5.09. The van der Waals surface area contributed by atoms with E-state index in [9.17, 15) is 4.79 Å². The molecule has 2 aromatic carbocycles. The molecule has 1 amide bonds. The van der Waals surface area contributed by atoms with Crippen molar-refractivity contribution in [3.63, 3.8) is 0 Å². The Morgan fingerprint density at radius 3 is 2.57 bits per heavy atom. The molecule has 0 heterocycles. The molecule has 0 saturated heterocycles. The van der Waals surface area contributed by atoms with E-state index in [1.165, 1.54) is 7.11 Å². The molecule has 21 heavy (non-hydrogen) atoms. The van der Waals surface area contributed by atoms with E-state index in [4.69, 9.17) is 22.1 Å². The first kappa shape index (κ1) is 15.4. The van der Waals surface area contributed by atoms with Gasteiger partial charge in [0, 0.05) is 11.1 Å². The summed E-state index contributed by atoms with van der Waals surface area (Å²) < 4.78 is 5.23. The molecule has 0 bridgehead atoms. The summed E-state index contributed by atoms with van der Waals surface area (Å²) in [5.74, 6) is 0.195. The van der Waals surface area contributed by atoms with Gasteiger partial charge in [-0.3, -0.25) is 4.79 Å². The smallest absolute Gasteiger partial charge is 0.245 e. The lowest BCUT2D eigenvalue weighted by Crippen LogP contribution is -2.27. The largest absolute Gasteiger partial charge is 0.495 e. The van der Waals surface area contributed by atoms with Crippen molar-refractivity contribution < 1.29 is 9.53 Å². The average molecular weight is 305 g/mol. The van der Waals surface area contributed by atoms with Crippen LogP contribution in [0.2, 0.25) is 5.02 Å². The molecular weight excluding hydrogens is 288 g/mol. The lowest BCUT2D eigenvalue weighted by atomic mass is 10.1. The van der Waals surface area contributed by atoms with Crippen molar-refractivity contribution in [2.45, 2.75) is 13.0 Å². The number of amides is 1. The Labute approximate surface area is 128 Å². The van der Waals surface area contributed by atoms with Gasteiger partial charge < -0.3 is 15.8 Å². The third kappa shape index (κ3) is 3.54. The highest BCUT2D eigenvalue weighted by molar-refractivity contribution is 6.31. The van der Waals surface area contributed by atoms with Crippen molar-refractivity contribution in [1.29, 1.82) is 0 Å². The molecule has 0 fully saturated rings. The van der Waals surface area contributed by atoms with E-state index in [0.29, 0.717) is 16.5 Å². The molecular formula is C16H17ClN2O2. The number of anilines is 1. The lowest BCUT2D eigenvalue weighted by molar-refractivity contribution is -0.117. The van der Waals surface area contributed by atoms with Crippen LogP contribution in [0.15, 0.2) is 42.5 Å². The van der Waals surface area contributed by atoms with Crippen molar-refractivity contribution in [2.24, 2.45) is 5.73 Å². The van der Waals surface area contributed by atoms with Gasteiger partial charge in [0.15, 0.2) is 0 Å². The number of halogens is 1. The molecule has 0 unspecified atom stereocenters. The zero-order chi connectivity index (χ0) is 15.4. The summed E-state index contributed by atoms with van der Waals surface area (Å²) in [7, 11) is 1.52. The van der Waals surface area contributed by atoms with Crippen LogP contribution in [0.1, 0.15) is 17.2 Å². The van der Waals surface area contributed by atoms with E-state index in [2.05, 4.69) is 5.32 Å². The van der Waals surface area contributed by atoms with Gasteiger partial charge in [-0.1, -0.05) is 41.9 Å². The van der Waals surface area contributed by atoms with Crippen LogP contribution in [0.25, 0.3) is 0 Å². The molecule has 0 radical (unpaired) electrons. The van der Waals surface area contributed by atoms with E-state index < -0.39 is 6.04 Å². The van der Waals surface area contributed by atoms with E-state index in [0.717, 1.165) is 11.1 Å². The minimum absolute atomic E-state index is 0.304. The fourth-order valence-electron chi connectivity index (χ4n) is 1.95. The first-order valence-corrected chi connectivity index (χ1v) is 6.86. The van der Waals surface area contributed by atoms with Gasteiger partial charge in [0.05, 0.1) is 12.8 Å². The van der Waals surface area contributed by atoms with E-state index in [1.54, 1.807) is 12.1 Å². The summed E-state index contributed by atoms with van der Waals surface area (Å²) in [6.07, 6.45) is 0. The van der Waals surface area contributed by atoms with Gasteiger partial charge in [-0.25, -0.2) is 0 Å². The predicted octanol–water partition coefficient (Wildman–Crippen LogP) is 3.30. The number of nitrogens with two attached hydrogens (primary N) is 1. The van der Waals surface area contributed by atoms with Crippen LogP contribution in [0.3, 0.4) is 0 Å². The van der Waals surface area contributed by atoms with Crippen LogP contribution in [0, 0.1) is 6.92 Å². The fourth-order valence-corrected chi connectivity index (χ4v) is 2.11. The Kier molecular flexibility index (Phi) is 4.83. The normalized spacial score (nSPS) is 11.8. The third-order valence-electron chi connectivity index (χ3n) is 3.18. The second kappa shape index (κ2) is 6.61. The van der Waals surface area contributed by atoms with Gasteiger partial charge in [-0.2, -0.15) is 0 Å². The number of rotatable bonds is 4. The topological polar surface area (TPSA) is 64.3 Å². The molecule has 1 atom stereocenters. The lowest BCUT2D eigenvalue weighted by Gasteiger charge is -2.15. The Morgan fingerprint density at radius 1 is 1.29 bits per heavy atom. The van der Waals surface area contributed by atoms with Crippen LogP contribution >= 0.6 is 11.6 Å². The molecule has 2 aromatic rings. The molecule has 3 N–H and O–H groups in total. The third-order valence-corrected chi connectivity index (χ3v) is 3.59. The molecule has 0 saturated carbocycles. The number of methoxy groups -OCH3 is 1. The minimum Gasteiger partial charge on any atom is -0.495 e. The Bertz CT molecular complexity index is 644. The number of carbonyl (C=O) groups excluding carboxylic acids is 1. The van der Waals surface area contributed by atoms with Gasteiger partial charge in [-0.15, -0.1) is 0 Å². The number of hydrogen-bond acceptors (Lipinski definition) is 3. The van der Waals surface area contributed by atoms with Crippen LogP contribution in [0.5, 0.6) is 5.75 Å². The summed E-state index contributed by atoms with van der Waals surface area (Å²) >= 11 is 6.04. The van der Waals surface area contributed by atoms with Crippen molar-refractivity contribution >= 4 is 23.2 Å². The summed E-state index contributed by atoms with van der Waals surface area (Å²) in [6.45, 7) is 1.86. The highest BCUT2D eigenvalue weighted by atomic mass is 35.5. The first-order chi connectivity index (χ1) is 10.0. The highest BCUT2D eigenvalue weighted by Gasteiger charge is 2.17. The minimum atomic E-state index is -0.744. The predicted molar refractivity (Wildman–Crippen MR) is 84.7 cm³/mol. The number of benzene rings is 2. The Balaban J connectivity index is 2.22. The first-order valence-electron chi connectivity index (χ1n) is 6.48. The van der Waals surface area contributed by atoms with Crippen LogP contribution in [-0.4, -0.2) is 13.0 Å². The van der Waals surface area contributed by atoms with E-state index in [-0.39, 0.29) is 5.91 Å². The molecule has 2 rings (SSSR count). The number of carbonyl (C=O) groups is 1. The molecule has 0 spiro atoms. The number of aryl methyl sites for hydroxylation is 1. The van der Waals surface area contributed by atoms with Crippen molar-refractivity contribution in [2.75, 3.05) is 12.4 Å². The Morgan fingerprint density at radius 2 is 1.95 bits per heavy atom. The summed E-state index contributed by atoms with van der Waals surface area (Å²) in [5, 5.41) is 3.36. The zero-order valence-electron chi connectivity index (χ0n) is 11.9. The van der Waals surface area contributed by atoms with Gasteiger partial charge in [0.25, 0.3) is 0 Å². The molecule has 0 aliphatic carbocycles. The summed E-state index contributed by atoms with van der Waals surface area (Å²) in [4.78, 5) is 12.3. The quantitative estimate of drug-likeness (QED) is 0.911. The van der Waals surface area contributed by atoms with Crippen molar-refractivity contribution in [3.05, 3.63) is 58.6 Å². The molecule has 0 aliphatic rings. The summed E-state index contributed by atoms with van der Waals surface area (Å²) in [5.41, 5.74) is 8.12. The Hall–Kier alpha value is -2.04. The fraction of sp³-hybridized carbons (Fsp3) is 0.188. The van der Waals surface area contributed by atoms with Gasteiger partial charge in [0.2, 0.25) is 5.91 Å². The second-order valence-electron chi connectivity index (χ2n) is 4.68. The van der Waals surface area contributed by atoms with Gasteiger partial charge >= 0.3 is 0 Å². The molecule has 0 aliphatic heterocycles. The zero-order valence-corrected chi connectivity index (χ0v) is 12.6. The van der Waals surface area contributed by atoms with Crippen LogP contribution in [0.4, 0.5) is 5.69 Å². The van der Waals surface area contributed by atoms with E-state index >= 15 is 0 Å². The molecule has 0 aromatic heterocycles. The number of ether oxygens (including phenoxy) is 1. The van der Waals surface area contributed by atoms with Gasteiger partial charge in [-0.05, 0) is 24.1 Å². The summed E-state index contributed by atoms with van der Waals surface area (Å²) in [6, 6.07) is 11.9. The van der Waals surface area contributed by atoms with Crippen molar-refractivity contribution in [3.8, 4) is 5.75 Å². The number of nitrogens with one attached hydrogen (secondary N) is 1. The SMILES string of the molecule is COc1cc(Cl)c(C)cc1NC(=O)[C@H](N)c1ccccc1. The standard InChI is InChI=1S/C16H17ClN2O2/c1-10-8-13(14(21-2)9-12(10)17)19-16(20)15(18)11-6-4-3-5-7-11/h3-9,15H,18H2,1-2H3,(H,19,20)/t15-/m1/s1. The van der Waals surface area contributed by atoms with Crippen LogP contribution < -0.4 is 15.8 Å².